The van der Waals surface area contributed by atoms with Crippen molar-refractivity contribution < 1.29 is 0 Å². The van der Waals surface area contributed by atoms with Gasteiger partial charge in [-0.15, -0.1) is 0 Å². The number of nitrogens with one attached hydrogen (secondary N) is 2. The van der Waals surface area contributed by atoms with Crippen molar-refractivity contribution in [2.75, 3.05) is 17.2 Å². The van der Waals surface area contributed by atoms with Gasteiger partial charge in [-0.2, -0.15) is 5.10 Å². The summed E-state index contributed by atoms with van der Waals surface area (Å²) in [6, 6.07) is 22.6. The summed E-state index contributed by atoms with van der Waals surface area (Å²) in [5, 5.41) is 11.1. The van der Waals surface area contributed by atoms with E-state index in [2.05, 4.69) is 56.0 Å². The SMILES string of the molecule is c1ccc(CNc2cc(NCCn3cncn3)c(-c3ccccc3)cn2)cc1. The fourth-order valence-electron chi connectivity index (χ4n) is 2.99. The molecule has 0 fully saturated rings. The summed E-state index contributed by atoms with van der Waals surface area (Å²) in [5.74, 6) is 0.840. The standard InChI is InChI=1S/C22H22N6/c1-3-7-18(8-4-1)14-25-22-13-21(24-11-12-28-17-23-16-27-28)20(15-26-22)19-9-5-2-6-10-19/h1-10,13,15-17H,11-12,14H2,(H2,24,25,26). The summed E-state index contributed by atoms with van der Waals surface area (Å²) in [6.45, 7) is 2.21. The van der Waals surface area contributed by atoms with Crippen LogP contribution in [0.3, 0.4) is 0 Å². The Labute approximate surface area is 164 Å². The van der Waals surface area contributed by atoms with Crippen molar-refractivity contribution in [3.8, 4) is 11.1 Å². The lowest BCUT2D eigenvalue weighted by molar-refractivity contribution is 0.636. The van der Waals surface area contributed by atoms with Gasteiger partial charge >= 0.3 is 0 Å². The molecule has 0 amide bonds. The molecule has 0 radical (unpaired) electrons. The van der Waals surface area contributed by atoms with Crippen LogP contribution in [-0.2, 0) is 13.1 Å². The zero-order valence-electron chi connectivity index (χ0n) is 15.5. The van der Waals surface area contributed by atoms with Crippen LogP contribution in [0.1, 0.15) is 5.56 Å². The highest BCUT2D eigenvalue weighted by Gasteiger charge is 2.08. The van der Waals surface area contributed by atoms with E-state index >= 15 is 0 Å². The Kier molecular flexibility index (Phi) is 5.58. The van der Waals surface area contributed by atoms with Crippen molar-refractivity contribution in [3.05, 3.63) is 91.1 Å². The van der Waals surface area contributed by atoms with E-state index in [1.807, 2.05) is 47.3 Å². The highest BCUT2D eigenvalue weighted by molar-refractivity contribution is 5.79. The molecule has 6 heteroatoms. The molecule has 2 N–H and O–H groups in total. The Morgan fingerprint density at radius 3 is 2.43 bits per heavy atom. The Morgan fingerprint density at radius 1 is 0.893 bits per heavy atom. The quantitative estimate of drug-likeness (QED) is 0.489. The van der Waals surface area contributed by atoms with Crippen LogP contribution in [0.25, 0.3) is 11.1 Å². The first-order valence-corrected chi connectivity index (χ1v) is 9.28. The average molecular weight is 370 g/mol. The third-order valence-electron chi connectivity index (χ3n) is 4.43. The monoisotopic (exact) mass is 370 g/mol. The van der Waals surface area contributed by atoms with Crippen LogP contribution in [0.15, 0.2) is 85.6 Å². The molecule has 0 bridgehead atoms. The van der Waals surface area contributed by atoms with E-state index in [0.717, 1.165) is 42.3 Å². The fourth-order valence-corrected chi connectivity index (χ4v) is 2.99. The number of aromatic nitrogens is 4. The third kappa shape index (κ3) is 4.54. The predicted octanol–water partition coefficient (Wildman–Crippen LogP) is 4.06. The van der Waals surface area contributed by atoms with Gasteiger partial charge in [0, 0.05) is 36.6 Å². The van der Waals surface area contributed by atoms with Crippen LogP contribution in [0.5, 0.6) is 0 Å². The second-order valence-electron chi connectivity index (χ2n) is 6.41. The minimum Gasteiger partial charge on any atom is -0.383 e. The first-order valence-electron chi connectivity index (χ1n) is 9.28. The number of rotatable bonds is 8. The molecule has 140 valence electrons. The summed E-state index contributed by atoms with van der Waals surface area (Å²) in [6.07, 6.45) is 5.19. The molecule has 6 nitrogen and oxygen atoms in total. The lowest BCUT2D eigenvalue weighted by Crippen LogP contribution is -2.12. The van der Waals surface area contributed by atoms with Gasteiger partial charge in [-0.3, -0.25) is 4.68 Å². The third-order valence-corrected chi connectivity index (χ3v) is 4.43. The molecule has 4 aromatic rings. The van der Waals surface area contributed by atoms with Crippen molar-refractivity contribution in [1.29, 1.82) is 0 Å². The van der Waals surface area contributed by atoms with Crippen molar-refractivity contribution in [3.63, 3.8) is 0 Å². The molecule has 0 aliphatic rings. The minimum absolute atomic E-state index is 0.733. The first kappa shape index (κ1) is 17.7. The number of benzene rings is 2. The lowest BCUT2D eigenvalue weighted by atomic mass is 10.1. The maximum absolute atomic E-state index is 4.61. The molecule has 2 heterocycles. The predicted molar refractivity (Wildman–Crippen MR) is 112 cm³/mol. The molecule has 2 aromatic heterocycles. The van der Waals surface area contributed by atoms with E-state index in [4.69, 9.17) is 0 Å². The summed E-state index contributed by atoms with van der Waals surface area (Å²) >= 11 is 0. The highest BCUT2D eigenvalue weighted by Crippen LogP contribution is 2.29. The van der Waals surface area contributed by atoms with Crippen LogP contribution in [0.2, 0.25) is 0 Å². The largest absolute Gasteiger partial charge is 0.383 e. The molecule has 28 heavy (non-hydrogen) atoms. The fraction of sp³-hybridized carbons (Fsp3) is 0.136. The Bertz CT molecular complexity index is 984. The molecule has 2 aromatic carbocycles. The highest BCUT2D eigenvalue weighted by atomic mass is 15.3. The van der Waals surface area contributed by atoms with Crippen molar-refractivity contribution in [1.82, 2.24) is 19.7 Å². The zero-order chi connectivity index (χ0) is 19.0. The van der Waals surface area contributed by atoms with Crippen LogP contribution in [0, 0.1) is 0 Å². The van der Waals surface area contributed by atoms with Crippen molar-refractivity contribution in [2.45, 2.75) is 13.1 Å². The number of pyridine rings is 1. The summed E-state index contributed by atoms with van der Waals surface area (Å²) in [5.41, 5.74) is 4.46. The van der Waals surface area contributed by atoms with E-state index in [9.17, 15) is 0 Å². The molecular formula is C22H22N6. The second kappa shape index (κ2) is 8.81. The van der Waals surface area contributed by atoms with Crippen LogP contribution in [0.4, 0.5) is 11.5 Å². The molecule has 0 saturated heterocycles. The first-order chi connectivity index (χ1) is 13.9. The van der Waals surface area contributed by atoms with E-state index in [1.54, 1.807) is 12.7 Å². The number of hydrogen-bond donors (Lipinski definition) is 2. The van der Waals surface area contributed by atoms with Crippen LogP contribution >= 0.6 is 0 Å². The van der Waals surface area contributed by atoms with Gasteiger partial charge in [-0.25, -0.2) is 9.97 Å². The van der Waals surface area contributed by atoms with Crippen LogP contribution < -0.4 is 10.6 Å². The van der Waals surface area contributed by atoms with Gasteiger partial charge < -0.3 is 10.6 Å². The van der Waals surface area contributed by atoms with E-state index in [0.29, 0.717) is 0 Å². The van der Waals surface area contributed by atoms with Crippen LogP contribution in [-0.4, -0.2) is 26.3 Å². The summed E-state index contributed by atoms with van der Waals surface area (Å²) in [7, 11) is 0. The van der Waals surface area contributed by atoms with Gasteiger partial charge in [0.25, 0.3) is 0 Å². The van der Waals surface area contributed by atoms with E-state index < -0.39 is 0 Å². The molecule has 0 aliphatic carbocycles. The van der Waals surface area contributed by atoms with Gasteiger partial charge in [0.15, 0.2) is 0 Å². The smallest absolute Gasteiger partial charge is 0.137 e. The maximum atomic E-state index is 4.61. The van der Waals surface area contributed by atoms with Crippen molar-refractivity contribution >= 4 is 11.5 Å². The van der Waals surface area contributed by atoms with Gasteiger partial charge in [0.05, 0.1) is 6.54 Å². The minimum atomic E-state index is 0.733. The van der Waals surface area contributed by atoms with Crippen molar-refractivity contribution in [2.24, 2.45) is 0 Å². The average Bonchev–Trinajstić information content (AvgIpc) is 3.27. The molecule has 4 rings (SSSR count). The molecule has 0 unspecified atom stereocenters. The van der Waals surface area contributed by atoms with Gasteiger partial charge in [0.2, 0.25) is 0 Å². The normalized spacial score (nSPS) is 10.6. The number of hydrogen-bond acceptors (Lipinski definition) is 5. The number of anilines is 2. The molecule has 0 atom stereocenters. The van der Waals surface area contributed by atoms with Gasteiger partial charge in [-0.1, -0.05) is 60.7 Å². The van der Waals surface area contributed by atoms with E-state index in [-0.39, 0.29) is 0 Å². The van der Waals surface area contributed by atoms with Gasteiger partial charge in [0.1, 0.15) is 18.5 Å². The topological polar surface area (TPSA) is 67.7 Å². The Morgan fingerprint density at radius 2 is 1.68 bits per heavy atom. The van der Waals surface area contributed by atoms with Gasteiger partial charge in [-0.05, 0) is 11.1 Å². The molecule has 0 spiro atoms. The second-order valence-corrected chi connectivity index (χ2v) is 6.41. The molecular weight excluding hydrogens is 348 g/mol. The number of nitrogens with zero attached hydrogens (tertiary/aromatic N) is 4. The Hall–Kier alpha value is -3.67. The molecule has 0 aliphatic heterocycles. The molecule has 0 saturated carbocycles. The lowest BCUT2D eigenvalue weighted by Gasteiger charge is -2.14. The Balaban J connectivity index is 1.52. The van der Waals surface area contributed by atoms with E-state index in [1.165, 1.54) is 5.56 Å². The summed E-state index contributed by atoms with van der Waals surface area (Å²) in [4.78, 5) is 8.59. The summed E-state index contributed by atoms with van der Waals surface area (Å²) < 4.78 is 1.81. The zero-order valence-corrected chi connectivity index (χ0v) is 15.5. The maximum Gasteiger partial charge on any atom is 0.137 e.